The van der Waals surface area contributed by atoms with Crippen LogP contribution in [0, 0.1) is 0 Å². The Morgan fingerprint density at radius 2 is 1.76 bits per heavy atom. The zero-order valence-corrected chi connectivity index (χ0v) is 24.3. The number of carbonyl (C=O) groups is 2. The molecule has 2 aromatic rings. The van der Waals surface area contributed by atoms with Gasteiger partial charge in [0.1, 0.15) is 18.3 Å². The molecule has 2 amide bonds. The Kier molecular flexibility index (Phi) is 11.8. The summed E-state index contributed by atoms with van der Waals surface area (Å²) in [6.07, 6.45) is 2.98. The molecule has 1 atom stereocenters. The maximum absolute atomic E-state index is 13.8. The standard InChI is InChI=1S/C25H32Cl3N3O5S/c1-5-7-12-29-25(33)21(6-2)30(15-17-8-10-19(27)20(28)13-17)24(32)16-31(37(4,34)35)22-14-18(26)9-11-23(22)36-3/h8-11,13-14,21H,5-7,12,15-16H2,1-4H3,(H,29,33)/t21-/m1/s1. The van der Waals surface area contributed by atoms with E-state index in [2.05, 4.69) is 5.32 Å². The quantitative estimate of drug-likeness (QED) is 0.325. The number of ether oxygens (including phenoxy) is 1. The van der Waals surface area contributed by atoms with Crippen molar-refractivity contribution in [2.75, 3.05) is 30.8 Å². The van der Waals surface area contributed by atoms with E-state index in [0.29, 0.717) is 28.6 Å². The molecule has 8 nitrogen and oxygen atoms in total. The first-order chi connectivity index (χ1) is 17.4. The van der Waals surface area contributed by atoms with Crippen molar-refractivity contribution in [2.45, 2.75) is 45.7 Å². The second kappa shape index (κ2) is 14.1. The average Bonchev–Trinajstić information content (AvgIpc) is 2.83. The highest BCUT2D eigenvalue weighted by Crippen LogP contribution is 2.33. The summed E-state index contributed by atoms with van der Waals surface area (Å²) in [4.78, 5) is 28.2. The van der Waals surface area contributed by atoms with Gasteiger partial charge in [0, 0.05) is 18.1 Å². The fourth-order valence-corrected chi connectivity index (χ4v) is 5.05. The van der Waals surface area contributed by atoms with E-state index >= 15 is 0 Å². The molecule has 0 aliphatic carbocycles. The summed E-state index contributed by atoms with van der Waals surface area (Å²) in [5, 5.41) is 3.79. The topological polar surface area (TPSA) is 96.0 Å². The van der Waals surface area contributed by atoms with Crippen LogP contribution in [0.15, 0.2) is 36.4 Å². The third kappa shape index (κ3) is 8.67. The molecule has 204 valence electrons. The molecule has 0 radical (unpaired) electrons. The fourth-order valence-electron chi connectivity index (χ4n) is 3.71. The Bertz CT molecular complexity index is 1210. The number of rotatable bonds is 13. The first kappa shape index (κ1) is 31.0. The summed E-state index contributed by atoms with van der Waals surface area (Å²) in [7, 11) is -2.56. The summed E-state index contributed by atoms with van der Waals surface area (Å²) in [5.74, 6) is -0.686. The Hall–Kier alpha value is -2.20. The molecular weight excluding hydrogens is 561 g/mol. The molecule has 2 rings (SSSR count). The summed E-state index contributed by atoms with van der Waals surface area (Å²) in [6, 6.07) is 8.54. The number of hydrogen-bond donors (Lipinski definition) is 1. The lowest BCUT2D eigenvalue weighted by atomic mass is 10.1. The number of halogens is 3. The maximum atomic E-state index is 13.8. The molecule has 0 saturated carbocycles. The third-order valence-corrected chi connectivity index (χ3v) is 7.74. The third-order valence-electron chi connectivity index (χ3n) is 5.64. The van der Waals surface area contributed by atoms with Crippen molar-refractivity contribution in [3.63, 3.8) is 0 Å². The number of anilines is 1. The van der Waals surface area contributed by atoms with Gasteiger partial charge in [0.25, 0.3) is 0 Å². The highest BCUT2D eigenvalue weighted by molar-refractivity contribution is 7.92. The zero-order chi connectivity index (χ0) is 27.8. The number of benzene rings is 2. The monoisotopic (exact) mass is 591 g/mol. The van der Waals surface area contributed by atoms with Gasteiger partial charge in [-0.3, -0.25) is 13.9 Å². The van der Waals surface area contributed by atoms with Gasteiger partial charge in [-0.2, -0.15) is 0 Å². The largest absolute Gasteiger partial charge is 0.495 e. The lowest BCUT2D eigenvalue weighted by Crippen LogP contribution is -2.52. The minimum atomic E-state index is -3.94. The minimum absolute atomic E-state index is 0.0136. The number of nitrogens with one attached hydrogen (secondary N) is 1. The predicted molar refractivity (Wildman–Crippen MR) is 149 cm³/mol. The van der Waals surface area contributed by atoms with E-state index in [1.807, 2.05) is 6.92 Å². The van der Waals surface area contributed by atoms with Gasteiger partial charge in [0.2, 0.25) is 21.8 Å². The molecule has 37 heavy (non-hydrogen) atoms. The van der Waals surface area contributed by atoms with Crippen LogP contribution in [0.3, 0.4) is 0 Å². The van der Waals surface area contributed by atoms with Crippen LogP contribution in [0.25, 0.3) is 0 Å². The van der Waals surface area contributed by atoms with Crippen LogP contribution >= 0.6 is 34.8 Å². The van der Waals surface area contributed by atoms with Crippen molar-refractivity contribution in [3.05, 3.63) is 57.0 Å². The van der Waals surface area contributed by atoms with Gasteiger partial charge < -0.3 is 15.0 Å². The first-order valence-corrected chi connectivity index (χ1v) is 14.7. The molecule has 0 saturated heterocycles. The molecule has 0 heterocycles. The SMILES string of the molecule is CCCCNC(=O)[C@@H](CC)N(Cc1ccc(Cl)c(Cl)c1)C(=O)CN(c1cc(Cl)ccc1OC)S(C)(=O)=O. The molecule has 0 aliphatic heterocycles. The Balaban J connectivity index is 2.50. The molecule has 2 aromatic carbocycles. The molecule has 1 N–H and O–H groups in total. The Morgan fingerprint density at radius 3 is 2.32 bits per heavy atom. The zero-order valence-electron chi connectivity index (χ0n) is 21.3. The number of hydrogen-bond acceptors (Lipinski definition) is 5. The number of amides is 2. The van der Waals surface area contributed by atoms with Gasteiger partial charge in [-0.25, -0.2) is 8.42 Å². The van der Waals surface area contributed by atoms with E-state index < -0.39 is 28.5 Å². The van der Waals surface area contributed by atoms with E-state index in [1.54, 1.807) is 31.2 Å². The second-order valence-corrected chi connectivity index (χ2v) is 11.6. The average molecular weight is 593 g/mol. The van der Waals surface area contributed by atoms with Gasteiger partial charge in [-0.1, -0.05) is 61.1 Å². The normalized spacial score (nSPS) is 12.1. The van der Waals surface area contributed by atoms with Crippen molar-refractivity contribution < 1.29 is 22.7 Å². The van der Waals surface area contributed by atoms with E-state index in [1.165, 1.54) is 24.1 Å². The molecule has 0 aromatic heterocycles. The fraction of sp³-hybridized carbons (Fsp3) is 0.440. The van der Waals surface area contributed by atoms with Crippen LogP contribution in [0.2, 0.25) is 15.1 Å². The van der Waals surface area contributed by atoms with Crippen LogP contribution in [-0.4, -0.2) is 57.6 Å². The van der Waals surface area contributed by atoms with Gasteiger partial charge in [0.15, 0.2) is 0 Å². The van der Waals surface area contributed by atoms with Gasteiger partial charge in [-0.15, -0.1) is 0 Å². The van der Waals surface area contributed by atoms with E-state index in [9.17, 15) is 18.0 Å². The molecule has 0 spiro atoms. The van der Waals surface area contributed by atoms with E-state index in [0.717, 1.165) is 23.4 Å². The van der Waals surface area contributed by atoms with E-state index in [-0.39, 0.29) is 28.9 Å². The predicted octanol–water partition coefficient (Wildman–Crippen LogP) is 5.15. The lowest BCUT2D eigenvalue weighted by molar-refractivity contribution is -0.140. The number of methoxy groups -OCH3 is 1. The molecular formula is C25H32Cl3N3O5S. The molecule has 0 aliphatic rings. The van der Waals surface area contributed by atoms with Gasteiger partial charge in [-0.05, 0) is 48.7 Å². The highest BCUT2D eigenvalue weighted by atomic mass is 35.5. The van der Waals surface area contributed by atoms with Crippen molar-refractivity contribution >= 4 is 62.3 Å². The lowest BCUT2D eigenvalue weighted by Gasteiger charge is -2.33. The van der Waals surface area contributed by atoms with Crippen molar-refractivity contribution in [1.29, 1.82) is 0 Å². The van der Waals surface area contributed by atoms with Crippen LogP contribution in [0.5, 0.6) is 5.75 Å². The second-order valence-electron chi connectivity index (χ2n) is 8.42. The first-order valence-electron chi connectivity index (χ1n) is 11.7. The van der Waals surface area contributed by atoms with Crippen LogP contribution in [0.1, 0.15) is 38.7 Å². The Labute approximate surface area is 233 Å². The summed E-state index contributed by atoms with van der Waals surface area (Å²) < 4.78 is 31.8. The molecule has 12 heteroatoms. The van der Waals surface area contributed by atoms with Crippen molar-refractivity contribution in [3.8, 4) is 5.75 Å². The Morgan fingerprint density at radius 1 is 1.05 bits per heavy atom. The van der Waals surface area contributed by atoms with Gasteiger partial charge in [0.05, 0.1) is 29.1 Å². The number of nitrogens with zero attached hydrogens (tertiary/aromatic N) is 2. The summed E-state index contributed by atoms with van der Waals surface area (Å²) >= 11 is 18.4. The molecule has 0 unspecified atom stereocenters. The maximum Gasteiger partial charge on any atom is 0.244 e. The van der Waals surface area contributed by atoms with E-state index in [4.69, 9.17) is 39.5 Å². The summed E-state index contributed by atoms with van der Waals surface area (Å²) in [5.41, 5.74) is 0.745. The van der Waals surface area contributed by atoms with Gasteiger partial charge >= 0.3 is 0 Å². The summed E-state index contributed by atoms with van der Waals surface area (Å²) in [6.45, 7) is 3.70. The number of carbonyl (C=O) groups excluding carboxylic acids is 2. The number of unbranched alkanes of at least 4 members (excludes halogenated alkanes) is 1. The number of sulfonamides is 1. The van der Waals surface area contributed by atoms with Crippen LogP contribution in [-0.2, 0) is 26.2 Å². The van der Waals surface area contributed by atoms with Crippen molar-refractivity contribution in [1.82, 2.24) is 10.2 Å². The van der Waals surface area contributed by atoms with Crippen molar-refractivity contribution in [2.24, 2.45) is 0 Å². The molecule has 0 fully saturated rings. The minimum Gasteiger partial charge on any atom is -0.495 e. The smallest absolute Gasteiger partial charge is 0.244 e. The highest BCUT2D eigenvalue weighted by Gasteiger charge is 2.32. The molecule has 0 bridgehead atoms. The van der Waals surface area contributed by atoms with Crippen LogP contribution in [0.4, 0.5) is 5.69 Å². The van der Waals surface area contributed by atoms with Crippen LogP contribution < -0.4 is 14.4 Å².